The molecule has 4 rings (SSSR count). The number of hydrogen-bond acceptors (Lipinski definition) is 6. The van der Waals surface area contributed by atoms with Gasteiger partial charge in [0.25, 0.3) is 5.56 Å². The van der Waals surface area contributed by atoms with E-state index in [0.29, 0.717) is 15.9 Å². The van der Waals surface area contributed by atoms with Gasteiger partial charge in [0.05, 0.1) is 16.8 Å². The minimum Gasteiger partial charge on any atom is -0.346 e. The van der Waals surface area contributed by atoms with Crippen LogP contribution in [-0.2, 0) is 4.79 Å². The molecule has 11 heteroatoms. The number of thiophene rings is 2. The van der Waals surface area contributed by atoms with Crippen molar-refractivity contribution in [3.63, 3.8) is 0 Å². The first-order valence-electron chi connectivity index (χ1n) is 8.93. The molecule has 0 atom stereocenters. The molecule has 1 aromatic carbocycles. The van der Waals surface area contributed by atoms with E-state index in [1.165, 1.54) is 27.2 Å². The second-order valence-corrected chi connectivity index (χ2v) is 9.11. The fraction of sp³-hybridized carbons (Fsp3) is 0.150. The molecule has 3 heterocycles. The molecule has 0 aliphatic heterocycles. The SMILES string of the molecule is O=C(CSc1nc2scc(-c3cccs3)c2c(=O)n1-c1ccccc1)NCC(F)(F)F. The van der Waals surface area contributed by atoms with Crippen LogP contribution in [0.5, 0.6) is 0 Å². The number of para-hydroxylation sites is 1. The third-order valence-electron chi connectivity index (χ3n) is 4.20. The van der Waals surface area contributed by atoms with Crippen LogP contribution in [0.4, 0.5) is 13.2 Å². The summed E-state index contributed by atoms with van der Waals surface area (Å²) in [6.07, 6.45) is -4.49. The van der Waals surface area contributed by atoms with Gasteiger partial charge in [0.2, 0.25) is 5.91 Å². The van der Waals surface area contributed by atoms with Gasteiger partial charge in [0.1, 0.15) is 11.4 Å². The van der Waals surface area contributed by atoms with Gasteiger partial charge in [0, 0.05) is 15.8 Å². The summed E-state index contributed by atoms with van der Waals surface area (Å²) in [5.74, 6) is -1.09. The van der Waals surface area contributed by atoms with Gasteiger partial charge in [-0.2, -0.15) is 13.2 Å². The predicted molar refractivity (Wildman–Crippen MR) is 118 cm³/mol. The Balaban J connectivity index is 1.74. The lowest BCUT2D eigenvalue weighted by Crippen LogP contribution is -2.35. The Morgan fingerprint density at radius 2 is 1.90 bits per heavy atom. The molecule has 0 saturated carbocycles. The number of benzene rings is 1. The zero-order valence-electron chi connectivity index (χ0n) is 15.7. The molecule has 0 saturated heterocycles. The first-order chi connectivity index (χ1) is 14.8. The van der Waals surface area contributed by atoms with Crippen LogP contribution in [0.25, 0.3) is 26.3 Å². The highest BCUT2D eigenvalue weighted by Gasteiger charge is 2.28. The van der Waals surface area contributed by atoms with Gasteiger partial charge < -0.3 is 5.32 Å². The zero-order valence-corrected chi connectivity index (χ0v) is 18.1. The quantitative estimate of drug-likeness (QED) is 0.313. The van der Waals surface area contributed by atoms with Gasteiger partial charge in [-0.1, -0.05) is 36.0 Å². The molecular weight excluding hydrogens is 467 g/mol. The predicted octanol–water partition coefficient (Wildman–Crippen LogP) is 4.95. The smallest absolute Gasteiger partial charge is 0.346 e. The minimum absolute atomic E-state index is 0.241. The van der Waals surface area contributed by atoms with Gasteiger partial charge in [-0.15, -0.1) is 22.7 Å². The summed E-state index contributed by atoms with van der Waals surface area (Å²) in [6, 6.07) is 12.6. The number of fused-ring (bicyclic) bond motifs is 1. The van der Waals surface area contributed by atoms with Crippen molar-refractivity contribution in [3.8, 4) is 16.1 Å². The number of carbonyl (C=O) groups is 1. The monoisotopic (exact) mass is 481 g/mol. The third-order valence-corrected chi connectivity index (χ3v) is 6.91. The Hall–Kier alpha value is -2.63. The average Bonchev–Trinajstić information content (AvgIpc) is 3.40. The lowest BCUT2D eigenvalue weighted by Gasteiger charge is -2.13. The molecule has 0 unspecified atom stereocenters. The maximum Gasteiger partial charge on any atom is 0.405 e. The van der Waals surface area contributed by atoms with Crippen LogP contribution in [-0.4, -0.2) is 33.9 Å². The van der Waals surface area contributed by atoms with Crippen molar-refractivity contribution >= 4 is 50.6 Å². The summed E-state index contributed by atoms with van der Waals surface area (Å²) >= 11 is 3.74. The highest BCUT2D eigenvalue weighted by Crippen LogP contribution is 2.35. The van der Waals surface area contributed by atoms with Crippen LogP contribution in [0.2, 0.25) is 0 Å². The maximum atomic E-state index is 13.5. The first-order valence-corrected chi connectivity index (χ1v) is 11.7. The largest absolute Gasteiger partial charge is 0.405 e. The van der Waals surface area contributed by atoms with Crippen molar-refractivity contribution in [1.29, 1.82) is 0 Å². The van der Waals surface area contributed by atoms with Crippen molar-refractivity contribution in [2.75, 3.05) is 12.3 Å². The number of thioether (sulfide) groups is 1. The number of hydrogen-bond donors (Lipinski definition) is 1. The third kappa shape index (κ3) is 4.83. The number of alkyl halides is 3. The first kappa shape index (κ1) is 21.6. The van der Waals surface area contributed by atoms with Crippen molar-refractivity contribution < 1.29 is 18.0 Å². The second kappa shape index (κ2) is 8.85. The van der Waals surface area contributed by atoms with Gasteiger partial charge >= 0.3 is 6.18 Å². The molecule has 160 valence electrons. The number of carbonyl (C=O) groups excluding carboxylic acids is 1. The lowest BCUT2D eigenvalue weighted by atomic mass is 10.2. The normalized spacial score (nSPS) is 11.7. The van der Waals surface area contributed by atoms with E-state index < -0.39 is 18.6 Å². The Kier molecular flexibility index (Phi) is 6.17. The van der Waals surface area contributed by atoms with Gasteiger partial charge in [-0.25, -0.2) is 4.98 Å². The fourth-order valence-corrected chi connectivity index (χ4v) is 5.51. The van der Waals surface area contributed by atoms with E-state index in [1.54, 1.807) is 30.3 Å². The molecule has 1 N–H and O–H groups in total. The Morgan fingerprint density at radius 3 is 2.58 bits per heavy atom. The van der Waals surface area contributed by atoms with Crippen LogP contribution in [0.15, 0.2) is 63.2 Å². The maximum absolute atomic E-state index is 13.5. The number of nitrogens with zero attached hydrogens (tertiary/aromatic N) is 2. The molecule has 4 aromatic rings. The highest BCUT2D eigenvalue weighted by molar-refractivity contribution is 7.99. The molecule has 0 radical (unpaired) electrons. The van der Waals surface area contributed by atoms with Crippen molar-refractivity contribution in [1.82, 2.24) is 14.9 Å². The summed E-state index contributed by atoms with van der Waals surface area (Å²) in [5, 5.41) is 6.33. The average molecular weight is 482 g/mol. The number of amides is 1. The lowest BCUT2D eigenvalue weighted by molar-refractivity contribution is -0.136. The topological polar surface area (TPSA) is 64.0 Å². The van der Waals surface area contributed by atoms with Crippen molar-refractivity contribution in [2.24, 2.45) is 0 Å². The standard InChI is InChI=1S/C20H14F3N3O2S3/c21-20(22,23)11-24-15(27)10-31-19-25-17-16(13(9-30-17)14-7-4-8-29-14)18(28)26(19)12-5-2-1-3-6-12/h1-9H,10-11H2,(H,24,27). The zero-order chi connectivity index (χ0) is 22.0. The summed E-state index contributed by atoms with van der Waals surface area (Å²) < 4.78 is 38.4. The Bertz CT molecular complexity index is 1270. The number of halogens is 3. The molecule has 31 heavy (non-hydrogen) atoms. The van der Waals surface area contributed by atoms with Crippen LogP contribution in [0.1, 0.15) is 0 Å². The molecule has 0 aliphatic carbocycles. The molecule has 5 nitrogen and oxygen atoms in total. The van der Waals surface area contributed by atoms with Crippen molar-refractivity contribution in [2.45, 2.75) is 11.3 Å². The van der Waals surface area contributed by atoms with E-state index >= 15 is 0 Å². The van der Waals surface area contributed by atoms with Crippen LogP contribution >= 0.6 is 34.4 Å². The fourth-order valence-electron chi connectivity index (χ4n) is 2.87. The molecular formula is C20H14F3N3O2S3. The molecule has 0 fully saturated rings. The van der Waals surface area contributed by atoms with Gasteiger partial charge in [-0.05, 0) is 23.6 Å². The summed E-state index contributed by atoms with van der Waals surface area (Å²) in [5.41, 5.74) is 1.05. The Labute approximate surface area is 186 Å². The van der Waals surface area contributed by atoms with E-state index in [-0.39, 0.29) is 16.5 Å². The molecule has 0 aliphatic rings. The summed E-state index contributed by atoms with van der Waals surface area (Å²) in [7, 11) is 0. The Morgan fingerprint density at radius 1 is 1.13 bits per heavy atom. The van der Waals surface area contributed by atoms with E-state index in [2.05, 4.69) is 4.98 Å². The highest BCUT2D eigenvalue weighted by atomic mass is 32.2. The van der Waals surface area contributed by atoms with Crippen LogP contribution in [0, 0.1) is 0 Å². The number of rotatable bonds is 6. The van der Waals surface area contributed by atoms with Crippen LogP contribution in [0.3, 0.4) is 0 Å². The minimum atomic E-state index is -4.49. The van der Waals surface area contributed by atoms with Crippen LogP contribution < -0.4 is 10.9 Å². The van der Waals surface area contributed by atoms with E-state index in [9.17, 15) is 22.8 Å². The molecule has 0 bridgehead atoms. The van der Waals surface area contributed by atoms with E-state index in [1.807, 2.05) is 28.2 Å². The number of aromatic nitrogens is 2. The van der Waals surface area contributed by atoms with Gasteiger partial charge in [-0.3, -0.25) is 14.2 Å². The molecule has 1 amide bonds. The van der Waals surface area contributed by atoms with E-state index in [0.717, 1.165) is 22.2 Å². The summed E-state index contributed by atoms with van der Waals surface area (Å²) in [6.45, 7) is -1.40. The van der Waals surface area contributed by atoms with E-state index in [4.69, 9.17) is 0 Å². The molecule has 3 aromatic heterocycles. The second-order valence-electron chi connectivity index (χ2n) is 6.36. The summed E-state index contributed by atoms with van der Waals surface area (Å²) in [4.78, 5) is 31.4. The molecule has 0 spiro atoms. The number of nitrogens with one attached hydrogen (secondary N) is 1. The van der Waals surface area contributed by atoms with Gasteiger partial charge in [0.15, 0.2) is 5.16 Å². The van der Waals surface area contributed by atoms with Crippen molar-refractivity contribution in [3.05, 3.63) is 63.6 Å².